The number of carbonyl (C=O) groups excluding carboxylic acids is 2. The Morgan fingerprint density at radius 1 is 1.23 bits per heavy atom. The minimum atomic E-state index is -4.27. The molecular formula is C20H23Cl2N3O5S. The number of carbonyl (C=O) groups is 2. The Hall–Kier alpha value is -2.49. The van der Waals surface area contributed by atoms with Gasteiger partial charge in [0.25, 0.3) is 10.0 Å². The number of nitrogen functional groups attached to an aromatic ring is 1. The zero-order valence-electron chi connectivity index (χ0n) is 16.9. The number of ether oxygens (including phenoxy) is 1. The van der Waals surface area contributed by atoms with Gasteiger partial charge in [-0.3, -0.25) is 9.59 Å². The van der Waals surface area contributed by atoms with Crippen LogP contribution in [-0.4, -0.2) is 44.7 Å². The van der Waals surface area contributed by atoms with Crippen LogP contribution in [0, 0.1) is 12.8 Å². The number of amides is 2. The lowest BCUT2D eigenvalue weighted by molar-refractivity contribution is -0.131. The highest BCUT2D eigenvalue weighted by Crippen LogP contribution is 2.28. The van der Waals surface area contributed by atoms with Crippen molar-refractivity contribution in [2.45, 2.75) is 18.2 Å². The summed E-state index contributed by atoms with van der Waals surface area (Å²) in [7, 11) is -2.78. The molecule has 31 heavy (non-hydrogen) atoms. The van der Waals surface area contributed by atoms with Gasteiger partial charge in [0.2, 0.25) is 11.8 Å². The third-order valence-electron chi connectivity index (χ3n) is 4.98. The molecule has 168 valence electrons. The summed E-state index contributed by atoms with van der Waals surface area (Å²) in [6, 6.07) is 9.18. The van der Waals surface area contributed by atoms with Crippen molar-refractivity contribution in [2.75, 3.05) is 25.9 Å². The largest absolute Gasteiger partial charge is 0.496 e. The second kappa shape index (κ2) is 9.76. The standard InChI is InChI=1S/C20H22ClN3O5S.ClH/c1-12-3-5-16(9-17(12)22)30(27,28)24-11-19(25)23-10-14(20(24)26)7-13-8-15(21)4-6-18(13)29-2;/h3-6,8-9,14H,7,10-11,22H2,1-2H3,(H,23,25);1H. The van der Waals surface area contributed by atoms with E-state index in [0.29, 0.717) is 26.2 Å². The number of methoxy groups -OCH3 is 1. The SMILES string of the molecule is COc1ccc(Cl)cc1CC1CNC(=O)CN(S(=O)(=O)c2ccc(C)c(N)c2)C1=O.Cl. The fourth-order valence-corrected chi connectivity index (χ4v) is 4.87. The summed E-state index contributed by atoms with van der Waals surface area (Å²) in [5.41, 5.74) is 7.47. The summed E-state index contributed by atoms with van der Waals surface area (Å²) < 4.78 is 32.2. The molecule has 0 aliphatic carbocycles. The first-order valence-electron chi connectivity index (χ1n) is 9.15. The summed E-state index contributed by atoms with van der Waals surface area (Å²) in [5.74, 6) is -1.55. The van der Waals surface area contributed by atoms with E-state index in [1.807, 2.05) is 0 Å². The zero-order chi connectivity index (χ0) is 22.1. The quantitative estimate of drug-likeness (QED) is 0.623. The minimum absolute atomic E-state index is 0. The van der Waals surface area contributed by atoms with E-state index >= 15 is 0 Å². The van der Waals surface area contributed by atoms with Crippen molar-refractivity contribution in [2.24, 2.45) is 5.92 Å². The Morgan fingerprint density at radius 3 is 2.58 bits per heavy atom. The second-order valence-corrected chi connectivity index (χ2v) is 9.33. The molecule has 8 nitrogen and oxygen atoms in total. The average Bonchev–Trinajstić information content (AvgIpc) is 2.84. The van der Waals surface area contributed by atoms with Gasteiger partial charge in [0.1, 0.15) is 12.3 Å². The molecule has 11 heteroatoms. The molecule has 1 aliphatic rings. The first-order valence-corrected chi connectivity index (χ1v) is 11.0. The number of rotatable bonds is 5. The molecule has 0 aromatic heterocycles. The molecule has 3 N–H and O–H groups in total. The Bertz CT molecular complexity index is 1110. The van der Waals surface area contributed by atoms with Crippen LogP contribution in [0.5, 0.6) is 5.75 Å². The van der Waals surface area contributed by atoms with E-state index in [4.69, 9.17) is 22.1 Å². The van der Waals surface area contributed by atoms with E-state index in [2.05, 4.69) is 5.32 Å². The lowest BCUT2D eigenvalue weighted by Crippen LogP contribution is -2.42. The molecule has 0 spiro atoms. The monoisotopic (exact) mass is 487 g/mol. The van der Waals surface area contributed by atoms with Gasteiger partial charge in [-0.1, -0.05) is 17.7 Å². The molecule has 3 rings (SSSR count). The second-order valence-electron chi connectivity index (χ2n) is 7.03. The number of sulfonamides is 1. The summed E-state index contributed by atoms with van der Waals surface area (Å²) in [4.78, 5) is 25.2. The van der Waals surface area contributed by atoms with Gasteiger partial charge in [-0.2, -0.15) is 0 Å². The number of nitrogens with two attached hydrogens (primary N) is 1. The summed E-state index contributed by atoms with van der Waals surface area (Å²) in [5, 5.41) is 3.06. The van der Waals surface area contributed by atoms with Gasteiger partial charge in [0.05, 0.1) is 17.9 Å². The predicted molar refractivity (Wildman–Crippen MR) is 120 cm³/mol. The Labute approximate surface area is 192 Å². The fraction of sp³-hybridized carbons (Fsp3) is 0.300. The van der Waals surface area contributed by atoms with E-state index < -0.39 is 34.3 Å². The first-order chi connectivity index (χ1) is 14.1. The van der Waals surface area contributed by atoms with E-state index in [-0.39, 0.29) is 36.0 Å². The molecule has 0 saturated carbocycles. The molecule has 0 bridgehead atoms. The zero-order valence-corrected chi connectivity index (χ0v) is 19.3. The van der Waals surface area contributed by atoms with E-state index in [9.17, 15) is 18.0 Å². The number of nitrogens with one attached hydrogen (secondary N) is 1. The molecule has 1 saturated heterocycles. The third kappa shape index (κ3) is 5.23. The molecule has 1 aliphatic heterocycles. The van der Waals surface area contributed by atoms with Gasteiger partial charge >= 0.3 is 0 Å². The van der Waals surface area contributed by atoms with Crippen molar-refractivity contribution in [1.29, 1.82) is 0 Å². The van der Waals surface area contributed by atoms with Crippen LogP contribution in [0.3, 0.4) is 0 Å². The first kappa shape index (κ1) is 24.8. The van der Waals surface area contributed by atoms with Gasteiger partial charge in [0, 0.05) is 17.3 Å². The lowest BCUT2D eigenvalue weighted by atomic mass is 9.98. The maximum Gasteiger partial charge on any atom is 0.267 e. The number of aryl methyl sites for hydroxylation is 1. The lowest BCUT2D eigenvalue weighted by Gasteiger charge is -2.23. The summed E-state index contributed by atoms with van der Waals surface area (Å²) in [6.07, 6.45) is 0.144. The highest BCUT2D eigenvalue weighted by atomic mass is 35.5. The van der Waals surface area contributed by atoms with Gasteiger partial charge in [-0.15, -0.1) is 12.4 Å². The number of anilines is 1. The Morgan fingerprint density at radius 2 is 1.94 bits per heavy atom. The topological polar surface area (TPSA) is 119 Å². The molecule has 1 heterocycles. The van der Waals surface area contributed by atoms with Gasteiger partial charge in [0.15, 0.2) is 0 Å². The fourth-order valence-electron chi connectivity index (χ4n) is 3.23. The number of hydrogen-bond acceptors (Lipinski definition) is 6. The smallest absolute Gasteiger partial charge is 0.267 e. The number of nitrogens with zero attached hydrogens (tertiary/aromatic N) is 1. The molecule has 2 aromatic rings. The number of hydrogen-bond donors (Lipinski definition) is 2. The molecule has 1 unspecified atom stereocenters. The minimum Gasteiger partial charge on any atom is -0.496 e. The Kier molecular flexibility index (Phi) is 7.80. The molecular weight excluding hydrogens is 465 g/mol. The molecule has 2 aromatic carbocycles. The van der Waals surface area contributed by atoms with Gasteiger partial charge in [-0.25, -0.2) is 12.7 Å². The van der Waals surface area contributed by atoms with Crippen LogP contribution >= 0.6 is 24.0 Å². The van der Waals surface area contributed by atoms with Crippen molar-refractivity contribution in [3.05, 3.63) is 52.5 Å². The molecule has 2 amide bonds. The highest BCUT2D eigenvalue weighted by Gasteiger charge is 2.38. The van der Waals surface area contributed by atoms with Crippen LogP contribution in [0.25, 0.3) is 0 Å². The summed E-state index contributed by atoms with van der Waals surface area (Å²) in [6.45, 7) is 1.14. The third-order valence-corrected chi connectivity index (χ3v) is 6.95. The van der Waals surface area contributed by atoms with Crippen molar-refractivity contribution < 1.29 is 22.7 Å². The van der Waals surface area contributed by atoms with Crippen LogP contribution < -0.4 is 15.8 Å². The van der Waals surface area contributed by atoms with Crippen LogP contribution in [0.4, 0.5) is 5.69 Å². The van der Waals surface area contributed by atoms with Gasteiger partial charge in [-0.05, 0) is 54.8 Å². The number of benzene rings is 2. The highest BCUT2D eigenvalue weighted by molar-refractivity contribution is 7.89. The van der Waals surface area contributed by atoms with E-state index in [0.717, 1.165) is 0 Å². The van der Waals surface area contributed by atoms with Crippen molar-refractivity contribution in [1.82, 2.24) is 9.62 Å². The maximum absolute atomic E-state index is 13.2. The van der Waals surface area contributed by atoms with Crippen molar-refractivity contribution in [3.8, 4) is 5.75 Å². The van der Waals surface area contributed by atoms with Gasteiger partial charge < -0.3 is 15.8 Å². The van der Waals surface area contributed by atoms with Crippen molar-refractivity contribution in [3.63, 3.8) is 0 Å². The normalized spacial score (nSPS) is 16.9. The van der Waals surface area contributed by atoms with Crippen LogP contribution in [-0.2, 0) is 26.0 Å². The molecule has 1 atom stereocenters. The van der Waals surface area contributed by atoms with Crippen LogP contribution in [0.1, 0.15) is 11.1 Å². The molecule has 1 fully saturated rings. The van der Waals surface area contributed by atoms with Crippen LogP contribution in [0.15, 0.2) is 41.3 Å². The van der Waals surface area contributed by atoms with Crippen molar-refractivity contribution >= 4 is 51.5 Å². The summed E-state index contributed by atoms with van der Waals surface area (Å²) >= 11 is 6.06. The number of halogens is 2. The van der Waals surface area contributed by atoms with E-state index in [1.54, 1.807) is 31.2 Å². The average molecular weight is 488 g/mol. The Balaban J connectivity index is 0.00000341. The predicted octanol–water partition coefficient (Wildman–Crippen LogP) is 2.17. The maximum atomic E-state index is 13.2. The van der Waals surface area contributed by atoms with E-state index in [1.165, 1.54) is 19.2 Å². The molecule has 0 radical (unpaired) electrons. The van der Waals surface area contributed by atoms with Crippen LogP contribution in [0.2, 0.25) is 5.02 Å².